The SMILES string of the molecule is O=C(Nc1cc(C2CC2)nn1C1CCS(=O)(=O)C1)c1n[nH]c(=O)c2ccccc12. The highest BCUT2D eigenvalue weighted by Crippen LogP contribution is 2.41. The predicted octanol–water partition coefficient (Wildman–Crippen LogP) is 1.61. The standard InChI is InChI=1S/C19H19N5O4S/c25-18-14-4-2-1-3-13(14)17(21-22-18)19(26)20-16-9-15(11-5-6-11)23-24(16)12-7-8-29(27,28)10-12/h1-4,9,11-12H,5-8,10H2,(H,20,26)(H,22,25). The molecule has 1 saturated carbocycles. The molecule has 29 heavy (non-hydrogen) atoms. The van der Waals surface area contributed by atoms with Crippen molar-refractivity contribution >= 4 is 32.3 Å². The Labute approximate surface area is 166 Å². The third-order valence-corrected chi connectivity index (χ3v) is 7.21. The van der Waals surface area contributed by atoms with Gasteiger partial charge in [-0.05, 0) is 25.3 Å². The van der Waals surface area contributed by atoms with Gasteiger partial charge in [0, 0.05) is 17.4 Å². The average molecular weight is 413 g/mol. The third-order valence-electron chi connectivity index (χ3n) is 5.46. The molecule has 1 aromatic carbocycles. The predicted molar refractivity (Wildman–Crippen MR) is 107 cm³/mol. The molecule has 1 saturated heterocycles. The Hall–Kier alpha value is -3.01. The van der Waals surface area contributed by atoms with Gasteiger partial charge in [-0.15, -0.1) is 0 Å². The number of hydrogen-bond donors (Lipinski definition) is 2. The van der Waals surface area contributed by atoms with E-state index in [9.17, 15) is 18.0 Å². The summed E-state index contributed by atoms with van der Waals surface area (Å²) in [5.41, 5.74) is 0.596. The van der Waals surface area contributed by atoms with Crippen LogP contribution in [-0.2, 0) is 9.84 Å². The van der Waals surface area contributed by atoms with Gasteiger partial charge in [-0.25, -0.2) is 18.2 Å². The molecule has 3 heterocycles. The summed E-state index contributed by atoms with van der Waals surface area (Å²) in [6.07, 6.45) is 2.55. The van der Waals surface area contributed by atoms with E-state index in [1.165, 1.54) is 0 Å². The highest BCUT2D eigenvalue weighted by Gasteiger charge is 2.34. The second-order valence-electron chi connectivity index (χ2n) is 7.63. The molecule has 3 aromatic rings. The van der Waals surface area contributed by atoms with E-state index in [0.717, 1.165) is 18.5 Å². The van der Waals surface area contributed by atoms with E-state index >= 15 is 0 Å². The van der Waals surface area contributed by atoms with Gasteiger partial charge in [0.25, 0.3) is 11.5 Å². The first-order valence-corrected chi connectivity index (χ1v) is 11.3. The van der Waals surface area contributed by atoms with Gasteiger partial charge in [0.05, 0.1) is 28.6 Å². The number of sulfone groups is 1. The lowest BCUT2D eigenvalue weighted by Gasteiger charge is -2.14. The summed E-state index contributed by atoms with van der Waals surface area (Å²) in [7, 11) is -3.10. The molecule has 2 fully saturated rings. The minimum absolute atomic E-state index is 0.0154. The normalized spacial score (nSPS) is 20.8. The number of nitrogens with one attached hydrogen (secondary N) is 2. The summed E-state index contributed by atoms with van der Waals surface area (Å²) in [5.74, 6) is 0.465. The van der Waals surface area contributed by atoms with Gasteiger partial charge in [-0.3, -0.25) is 9.59 Å². The lowest BCUT2D eigenvalue weighted by Crippen LogP contribution is -2.22. The minimum atomic E-state index is -3.10. The topological polar surface area (TPSA) is 127 Å². The Morgan fingerprint density at radius 3 is 2.62 bits per heavy atom. The van der Waals surface area contributed by atoms with Crippen molar-refractivity contribution in [2.75, 3.05) is 16.8 Å². The van der Waals surface area contributed by atoms with Crippen LogP contribution in [0.2, 0.25) is 0 Å². The second-order valence-corrected chi connectivity index (χ2v) is 9.86. The van der Waals surface area contributed by atoms with E-state index in [1.54, 1.807) is 28.9 Å². The molecule has 150 valence electrons. The first kappa shape index (κ1) is 18.0. The van der Waals surface area contributed by atoms with Crippen LogP contribution >= 0.6 is 0 Å². The molecule has 10 heteroatoms. The Morgan fingerprint density at radius 2 is 1.93 bits per heavy atom. The lowest BCUT2D eigenvalue weighted by molar-refractivity contribution is 0.102. The number of fused-ring (bicyclic) bond motifs is 1. The van der Waals surface area contributed by atoms with Gasteiger partial charge < -0.3 is 5.32 Å². The summed E-state index contributed by atoms with van der Waals surface area (Å²) in [6.45, 7) is 0. The summed E-state index contributed by atoms with van der Waals surface area (Å²) in [4.78, 5) is 24.9. The first-order chi connectivity index (χ1) is 13.9. The van der Waals surface area contributed by atoms with Crippen LogP contribution in [0.15, 0.2) is 35.1 Å². The number of H-pyrrole nitrogens is 1. The quantitative estimate of drug-likeness (QED) is 0.669. The molecule has 9 nitrogen and oxygen atoms in total. The van der Waals surface area contributed by atoms with Crippen LogP contribution in [0.5, 0.6) is 0 Å². The molecule has 2 aliphatic rings. The monoisotopic (exact) mass is 413 g/mol. The zero-order chi connectivity index (χ0) is 20.2. The van der Waals surface area contributed by atoms with E-state index in [-0.39, 0.29) is 28.8 Å². The van der Waals surface area contributed by atoms with Crippen molar-refractivity contribution in [1.29, 1.82) is 0 Å². The number of carbonyl (C=O) groups is 1. The number of amides is 1. The molecular formula is C19H19N5O4S. The zero-order valence-corrected chi connectivity index (χ0v) is 16.3. The fourth-order valence-corrected chi connectivity index (χ4v) is 5.49. The third kappa shape index (κ3) is 3.33. The van der Waals surface area contributed by atoms with E-state index in [4.69, 9.17) is 0 Å². The molecule has 1 atom stereocenters. The molecule has 1 aliphatic heterocycles. The van der Waals surface area contributed by atoms with E-state index in [0.29, 0.717) is 28.9 Å². The number of anilines is 1. The number of rotatable bonds is 4. The van der Waals surface area contributed by atoms with Gasteiger partial charge in [-0.1, -0.05) is 18.2 Å². The van der Waals surface area contributed by atoms with Crippen molar-refractivity contribution in [1.82, 2.24) is 20.0 Å². The molecule has 1 unspecified atom stereocenters. The number of hydrogen-bond acceptors (Lipinski definition) is 6. The average Bonchev–Trinajstić information content (AvgIpc) is 3.37. The first-order valence-electron chi connectivity index (χ1n) is 9.50. The molecule has 0 bridgehead atoms. The van der Waals surface area contributed by atoms with E-state index in [1.807, 2.05) is 6.07 Å². The largest absolute Gasteiger partial charge is 0.305 e. The molecule has 2 aromatic heterocycles. The molecule has 0 radical (unpaired) electrons. The van der Waals surface area contributed by atoms with Crippen LogP contribution in [0.3, 0.4) is 0 Å². The van der Waals surface area contributed by atoms with E-state index in [2.05, 4.69) is 20.6 Å². The minimum Gasteiger partial charge on any atom is -0.305 e. The van der Waals surface area contributed by atoms with Crippen molar-refractivity contribution in [3.63, 3.8) is 0 Å². The van der Waals surface area contributed by atoms with Crippen LogP contribution in [0, 0.1) is 0 Å². The molecule has 1 aliphatic carbocycles. The fourth-order valence-electron chi connectivity index (χ4n) is 3.80. The van der Waals surface area contributed by atoms with Crippen molar-refractivity contribution in [2.24, 2.45) is 0 Å². The highest BCUT2D eigenvalue weighted by atomic mass is 32.2. The zero-order valence-electron chi connectivity index (χ0n) is 15.5. The van der Waals surface area contributed by atoms with Crippen molar-refractivity contribution < 1.29 is 13.2 Å². The fraction of sp³-hybridized carbons (Fsp3) is 0.368. The van der Waals surface area contributed by atoms with Crippen LogP contribution in [0.4, 0.5) is 5.82 Å². The molecule has 5 rings (SSSR count). The smallest absolute Gasteiger partial charge is 0.277 e. The van der Waals surface area contributed by atoms with Gasteiger partial charge in [-0.2, -0.15) is 10.2 Å². The van der Waals surface area contributed by atoms with Gasteiger partial charge >= 0.3 is 0 Å². The van der Waals surface area contributed by atoms with E-state index < -0.39 is 15.7 Å². The highest BCUT2D eigenvalue weighted by molar-refractivity contribution is 7.91. The summed E-state index contributed by atoms with van der Waals surface area (Å²) >= 11 is 0. The molecule has 2 N–H and O–H groups in total. The van der Waals surface area contributed by atoms with Crippen LogP contribution in [0.1, 0.15) is 47.4 Å². The van der Waals surface area contributed by atoms with Crippen molar-refractivity contribution in [3.05, 3.63) is 52.1 Å². The molecule has 1 amide bonds. The van der Waals surface area contributed by atoms with Crippen molar-refractivity contribution in [2.45, 2.75) is 31.2 Å². The number of aromatic nitrogens is 4. The lowest BCUT2D eigenvalue weighted by atomic mass is 10.1. The van der Waals surface area contributed by atoms with Gasteiger partial charge in [0.1, 0.15) is 5.82 Å². The Bertz CT molecular complexity index is 1290. The number of carbonyl (C=O) groups excluding carboxylic acids is 1. The maximum absolute atomic E-state index is 13.0. The van der Waals surface area contributed by atoms with Gasteiger partial charge in [0.2, 0.25) is 0 Å². The number of benzene rings is 1. The maximum atomic E-state index is 13.0. The summed E-state index contributed by atoms with van der Waals surface area (Å²) < 4.78 is 25.5. The van der Waals surface area contributed by atoms with Crippen LogP contribution < -0.4 is 10.9 Å². The molecular weight excluding hydrogens is 394 g/mol. The number of aromatic amines is 1. The Balaban J connectivity index is 1.51. The number of nitrogens with zero attached hydrogens (tertiary/aromatic N) is 3. The van der Waals surface area contributed by atoms with Crippen LogP contribution in [0.25, 0.3) is 10.8 Å². The second kappa shape index (κ2) is 6.51. The maximum Gasteiger partial charge on any atom is 0.277 e. The van der Waals surface area contributed by atoms with Crippen LogP contribution in [-0.4, -0.2) is 45.8 Å². The van der Waals surface area contributed by atoms with Crippen molar-refractivity contribution in [3.8, 4) is 0 Å². The Kier molecular flexibility index (Phi) is 4.05. The Morgan fingerprint density at radius 1 is 1.17 bits per heavy atom. The summed E-state index contributed by atoms with van der Waals surface area (Å²) in [5, 5.41) is 14.5. The molecule has 0 spiro atoms. The summed E-state index contributed by atoms with van der Waals surface area (Å²) in [6, 6.07) is 8.27. The van der Waals surface area contributed by atoms with Gasteiger partial charge in [0.15, 0.2) is 15.5 Å².